The monoisotopic (exact) mass is 273 g/mol. The number of benzene rings is 1. The Hall–Kier alpha value is -1.16. The molecule has 2 aromatic rings. The zero-order valence-corrected chi connectivity index (χ0v) is 11.9. The van der Waals surface area contributed by atoms with Gasteiger partial charge < -0.3 is 10.4 Å². The van der Waals surface area contributed by atoms with Crippen LogP contribution >= 0.6 is 11.3 Å². The molecule has 0 bridgehead atoms. The van der Waals surface area contributed by atoms with E-state index in [4.69, 9.17) is 0 Å². The van der Waals surface area contributed by atoms with Gasteiger partial charge in [0.1, 0.15) is 0 Å². The van der Waals surface area contributed by atoms with Gasteiger partial charge in [-0.1, -0.05) is 24.3 Å². The van der Waals surface area contributed by atoms with Crippen LogP contribution in [-0.2, 0) is 18.4 Å². The van der Waals surface area contributed by atoms with Crippen LogP contribution in [0.15, 0.2) is 41.1 Å². The van der Waals surface area contributed by atoms with Gasteiger partial charge in [0.2, 0.25) is 0 Å². The normalized spacial score (nSPS) is 18.2. The highest BCUT2D eigenvalue weighted by molar-refractivity contribution is 7.08. The van der Waals surface area contributed by atoms with Crippen molar-refractivity contribution in [1.82, 2.24) is 5.32 Å². The first-order chi connectivity index (χ1) is 9.15. The van der Waals surface area contributed by atoms with Crippen LogP contribution in [-0.4, -0.2) is 17.7 Å². The lowest BCUT2D eigenvalue weighted by Crippen LogP contribution is -2.41. The van der Waals surface area contributed by atoms with Crippen LogP contribution in [0.25, 0.3) is 0 Å². The van der Waals surface area contributed by atoms with E-state index in [2.05, 4.69) is 29.6 Å². The molecule has 3 heteroatoms. The highest BCUT2D eigenvalue weighted by atomic mass is 32.1. The van der Waals surface area contributed by atoms with Gasteiger partial charge >= 0.3 is 0 Å². The third kappa shape index (κ3) is 2.73. The smallest absolute Gasteiger partial charge is 0.1000 e. The van der Waals surface area contributed by atoms with Crippen LogP contribution in [0, 0.1) is 0 Å². The van der Waals surface area contributed by atoms with E-state index < -0.39 is 5.60 Å². The molecule has 0 spiro atoms. The molecule has 0 amide bonds. The zero-order valence-electron chi connectivity index (χ0n) is 11.1. The van der Waals surface area contributed by atoms with E-state index in [0.717, 1.165) is 18.4 Å². The second kappa shape index (κ2) is 5.08. The molecule has 3 rings (SSSR count). The summed E-state index contributed by atoms with van der Waals surface area (Å²) < 4.78 is 0. The molecule has 1 heterocycles. The quantitative estimate of drug-likeness (QED) is 0.897. The predicted octanol–water partition coefficient (Wildman–Crippen LogP) is 2.71. The van der Waals surface area contributed by atoms with Crippen molar-refractivity contribution in [3.05, 3.63) is 57.8 Å². The molecule has 1 aliphatic rings. The fourth-order valence-corrected chi connectivity index (χ4v) is 3.50. The molecule has 1 aliphatic carbocycles. The van der Waals surface area contributed by atoms with E-state index >= 15 is 0 Å². The van der Waals surface area contributed by atoms with E-state index in [1.165, 1.54) is 11.1 Å². The van der Waals surface area contributed by atoms with Crippen molar-refractivity contribution in [2.75, 3.05) is 6.54 Å². The summed E-state index contributed by atoms with van der Waals surface area (Å²) in [6, 6.07) is 11.0. The van der Waals surface area contributed by atoms with Gasteiger partial charge in [-0.3, -0.25) is 0 Å². The fourth-order valence-electron chi connectivity index (χ4n) is 2.72. The minimum absolute atomic E-state index is 0.447. The van der Waals surface area contributed by atoms with Crippen LogP contribution in [0.5, 0.6) is 0 Å². The molecular weight excluding hydrogens is 254 g/mol. The lowest BCUT2D eigenvalue weighted by atomic mass is 9.99. The van der Waals surface area contributed by atoms with Crippen LogP contribution in [0.4, 0.5) is 0 Å². The molecule has 2 N–H and O–H groups in total. The molecular formula is C16H19NOS. The largest absolute Gasteiger partial charge is 0.384 e. The number of rotatable bonds is 4. The molecule has 1 unspecified atom stereocenters. The highest BCUT2D eigenvalue weighted by Gasteiger charge is 2.27. The van der Waals surface area contributed by atoms with Gasteiger partial charge in [0.15, 0.2) is 0 Å². The number of hydrogen-bond acceptors (Lipinski definition) is 3. The molecule has 100 valence electrons. The Morgan fingerprint density at radius 1 is 1.26 bits per heavy atom. The van der Waals surface area contributed by atoms with Crippen molar-refractivity contribution in [2.45, 2.75) is 31.4 Å². The van der Waals surface area contributed by atoms with E-state index in [9.17, 15) is 5.11 Å². The minimum atomic E-state index is -0.783. The molecule has 0 fully saturated rings. The molecule has 0 radical (unpaired) electrons. The average Bonchev–Trinajstić information content (AvgIpc) is 3.05. The molecule has 1 atom stereocenters. The standard InChI is InChI=1S/C16H19NOS/c1-16(18,14-6-7-19-10-14)11-17-15-8-12-4-2-3-5-13(12)9-15/h2-7,10,15,17-18H,8-9,11H2,1H3. The summed E-state index contributed by atoms with van der Waals surface area (Å²) in [7, 11) is 0. The number of aliphatic hydroxyl groups is 1. The summed E-state index contributed by atoms with van der Waals surface area (Å²) in [6.07, 6.45) is 2.13. The molecule has 0 saturated carbocycles. The van der Waals surface area contributed by atoms with Crippen LogP contribution in [0.1, 0.15) is 23.6 Å². The maximum atomic E-state index is 10.5. The first kappa shape index (κ1) is 12.9. The Labute approximate surface area is 118 Å². The minimum Gasteiger partial charge on any atom is -0.384 e. The van der Waals surface area contributed by atoms with Crippen molar-refractivity contribution < 1.29 is 5.11 Å². The van der Waals surface area contributed by atoms with Gasteiger partial charge in [0.25, 0.3) is 0 Å². The van der Waals surface area contributed by atoms with E-state index in [1.54, 1.807) is 11.3 Å². The van der Waals surface area contributed by atoms with Gasteiger partial charge in [0, 0.05) is 12.6 Å². The summed E-state index contributed by atoms with van der Waals surface area (Å²) in [5.74, 6) is 0. The Kier molecular flexibility index (Phi) is 3.44. The molecule has 1 aromatic heterocycles. The van der Waals surface area contributed by atoms with Gasteiger partial charge in [0.05, 0.1) is 5.60 Å². The van der Waals surface area contributed by atoms with Crippen molar-refractivity contribution in [1.29, 1.82) is 0 Å². The Balaban J connectivity index is 1.60. The van der Waals surface area contributed by atoms with Crippen LogP contribution in [0.3, 0.4) is 0 Å². The second-order valence-electron chi connectivity index (χ2n) is 5.54. The van der Waals surface area contributed by atoms with Crippen LogP contribution < -0.4 is 5.32 Å². The third-order valence-corrected chi connectivity index (χ3v) is 4.61. The maximum Gasteiger partial charge on any atom is 0.1000 e. The average molecular weight is 273 g/mol. The van der Waals surface area contributed by atoms with Crippen molar-refractivity contribution in [3.8, 4) is 0 Å². The molecule has 1 aromatic carbocycles. The highest BCUT2D eigenvalue weighted by Crippen LogP contribution is 2.25. The molecule has 19 heavy (non-hydrogen) atoms. The third-order valence-electron chi connectivity index (χ3n) is 3.93. The SMILES string of the molecule is CC(O)(CNC1Cc2ccccc2C1)c1ccsc1. The number of thiophene rings is 1. The van der Waals surface area contributed by atoms with Gasteiger partial charge in [-0.15, -0.1) is 0 Å². The number of fused-ring (bicyclic) bond motifs is 1. The van der Waals surface area contributed by atoms with Gasteiger partial charge in [-0.2, -0.15) is 11.3 Å². The lowest BCUT2D eigenvalue weighted by Gasteiger charge is -2.25. The van der Waals surface area contributed by atoms with Crippen molar-refractivity contribution >= 4 is 11.3 Å². The Morgan fingerprint density at radius 3 is 2.53 bits per heavy atom. The van der Waals surface area contributed by atoms with Crippen molar-refractivity contribution in [2.24, 2.45) is 0 Å². The summed E-state index contributed by atoms with van der Waals surface area (Å²) >= 11 is 1.63. The molecule has 2 nitrogen and oxygen atoms in total. The summed E-state index contributed by atoms with van der Waals surface area (Å²) in [4.78, 5) is 0. The number of hydrogen-bond donors (Lipinski definition) is 2. The van der Waals surface area contributed by atoms with Crippen molar-refractivity contribution in [3.63, 3.8) is 0 Å². The summed E-state index contributed by atoms with van der Waals surface area (Å²) in [5.41, 5.74) is 3.10. The predicted molar refractivity (Wildman–Crippen MR) is 79.5 cm³/mol. The van der Waals surface area contributed by atoms with E-state index in [-0.39, 0.29) is 0 Å². The maximum absolute atomic E-state index is 10.5. The lowest BCUT2D eigenvalue weighted by molar-refractivity contribution is 0.0545. The van der Waals surface area contributed by atoms with Gasteiger partial charge in [-0.25, -0.2) is 0 Å². The van der Waals surface area contributed by atoms with E-state index in [0.29, 0.717) is 12.6 Å². The van der Waals surface area contributed by atoms with Gasteiger partial charge in [-0.05, 0) is 53.3 Å². The first-order valence-corrected chi connectivity index (χ1v) is 7.65. The second-order valence-corrected chi connectivity index (χ2v) is 6.32. The topological polar surface area (TPSA) is 32.3 Å². The molecule has 0 aliphatic heterocycles. The Morgan fingerprint density at radius 2 is 1.95 bits per heavy atom. The van der Waals surface area contributed by atoms with Crippen LogP contribution in [0.2, 0.25) is 0 Å². The fraction of sp³-hybridized carbons (Fsp3) is 0.375. The molecule has 0 saturated heterocycles. The first-order valence-electron chi connectivity index (χ1n) is 6.70. The van der Waals surface area contributed by atoms with E-state index in [1.807, 2.05) is 23.8 Å². The number of nitrogens with one attached hydrogen (secondary N) is 1. The summed E-state index contributed by atoms with van der Waals surface area (Å²) in [5, 5.41) is 18.0. The summed E-state index contributed by atoms with van der Waals surface area (Å²) in [6.45, 7) is 2.48. The Bertz CT molecular complexity index is 523. The zero-order chi connectivity index (χ0) is 13.3.